The van der Waals surface area contributed by atoms with E-state index in [-0.39, 0.29) is 0 Å². The van der Waals surface area contributed by atoms with Gasteiger partial charge in [0.25, 0.3) is 0 Å². The quantitative estimate of drug-likeness (QED) is 0.197. The molecule has 0 aliphatic heterocycles. The molecule has 1 heteroatoms. The molecule has 0 N–H and O–H groups in total. The van der Waals surface area contributed by atoms with Gasteiger partial charge in [0.05, 0.1) is 11.2 Å². The molecule has 0 fully saturated rings. The maximum Gasteiger partial charge on any atom is 0.0715 e. The Hall–Kier alpha value is -5.79. The van der Waals surface area contributed by atoms with Gasteiger partial charge in [0.15, 0.2) is 0 Å². The van der Waals surface area contributed by atoms with Crippen molar-refractivity contribution < 1.29 is 0 Å². The first-order chi connectivity index (χ1) is 21.8. The monoisotopic (exact) mass is 557 g/mol. The Bertz CT molecular complexity index is 2480. The summed E-state index contributed by atoms with van der Waals surface area (Å²) in [7, 11) is 0. The molecule has 0 amide bonds. The van der Waals surface area contributed by atoms with Crippen molar-refractivity contribution in [2.45, 2.75) is 0 Å². The van der Waals surface area contributed by atoms with Gasteiger partial charge in [-0.05, 0) is 83.5 Å². The van der Waals surface area contributed by atoms with Crippen LogP contribution in [0.15, 0.2) is 164 Å². The fourth-order valence-corrected chi connectivity index (χ4v) is 6.95. The van der Waals surface area contributed by atoms with Crippen LogP contribution in [0.3, 0.4) is 0 Å². The molecule has 204 valence electrons. The smallest absolute Gasteiger partial charge is 0.0715 e. The zero-order valence-electron chi connectivity index (χ0n) is 24.0. The van der Waals surface area contributed by atoms with E-state index in [1.54, 1.807) is 0 Å². The van der Waals surface area contributed by atoms with Crippen molar-refractivity contribution in [3.05, 3.63) is 164 Å². The molecule has 0 saturated heterocycles. The fraction of sp³-hybridized carbons (Fsp3) is 0. The molecule has 8 aromatic carbocycles. The Kier molecular flexibility index (Phi) is 5.57. The third-order valence-electron chi connectivity index (χ3n) is 9.02. The maximum absolute atomic E-state index is 5.07. The van der Waals surface area contributed by atoms with Crippen LogP contribution in [0.4, 0.5) is 0 Å². The van der Waals surface area contributed by atoms with E-state index in [9.17, 15) is 0 Å². The normalized spacial score (nSPS) is 11.6. The molecule has 0 saturated carbocycles. The SMILES string of the molecule is c1ccc2cc3nc(-c4ccc(-c5c6ccccc6c(-c6cccc7ccccc67)c6ccccc56)cc4)ccc3cc2c1. The Morgan fingerprint density at radius 3 is 1.52 bits per heavy atom. The van der Waals surface area contributed by atoms with Gasteiger partial charge in [-0.25, -0.2) is 4.98 Å². The van der Waals surface area contributed by atoms with Crippen molar-refractivity contribution in [2.75, 3.05) is 0 Å². The van der Waals surface area contributed by atoms with Crippen LogP contribution < -0.4 is 0 Å². The van der Waals surface area contributed by atoms with Gasteiger partial charge < -0.3 is 0 Å². The van der Waals surface area contributed by atoms with Crippen molar-refractivity contribution in [3.8, 4) is 33.5 Å². The minimum atomic E-state index is 0.986. The molecule has 0 aliphatic carbocycles. The summed E-state index contributed by atoms with van der Waals surface area (Å²) >= 11 is 0. The molecule has 0 unspecified atom stereocenters. The largest absolute Gasteiger partial charge is 0.248 e. The number of hydrogen-bond donors (Lipinski definition) is 0. The molecule has 0 spiro atoms. The highest BCUT2D eigenvalue weighted by Crippen LogP contribution is 2.45. The average molecular weight is 558 g/mol. The van der Waals surface area contributed by atoms with Crippen LogP contribution in [0, 0.1) is 0 Å². The van der Waals surface area contributed by atoms with Gasteiger partial charge in [0.1, 0.15) is 0 Å². The van der Waals surface area contributed by atoms with Crippen molar-refractivity contribution in [1.29, 1.82) is 0 Å². The van der Waals surface area contributed by atoms with Gasteiger partial charge in [-0.2, -0.15) is 0 Å². The van der Waals surface area contributed by atoms with Crippen molar-refractivity contribution >= 4 is 54.0 Å². The van der Waals surface area contributed by atoms with E-state index in [1.165, 1.54) is 65.3 Å². The second-order valence-electron chi connectivity index (χ2n) is 11.5. The number of hydrogen-bond acceptors (Lipinski definition) is 1. The highest BCUT2D eigenvalue weighted by Gasteiger charge is 2.18. The van der Waals surface area contributed by atoms with Crippen LogP contribution in [0.1, 0.15) is 0 Å². The molecule has 0 radical (unpaired) electrons. The molecule has 0 bridgehead atoms. The Balaban J connectivity index is 1.22. The molecular weight excluding hydrogens is 530 g/mol. The lowest BCUT2D eigenvalue weighted by atomic mass is 9.84. The summed E-state index contributed by atoms with van der Waals surface area (Å²) in [6.07, 6.45) is 0. The van der Waals surface area contributed by atoms with Crippen LogP contribution in [0.25, 0.3) is 87.5 Å². The van der Waals surface area contributed by atoms with Crippen molar-refractivity contribution in [3.63, 3.8) is 0 Å². The van der Waals surface area contributed by atoms with E-state index >= 15 is 0 Å². The second kappa shape index (κ2) is 9.90. The minimum absolute atomic E-state index is 0.986. The highest BCUT2D eigenvalue weighted by molar-refractivity contribution is 6.23. The number of benzene rings is 8. The average Bonchev–Trinajstić information content (AvgIpc) is 3.09. The molecule has 1 nitrogen and oxygen atoms in total. The summed E-state index contributed by atoms with van der Waals surface area (Å²) < 4.78 is 0. The summed E-state index contributed by atoms with van der Waals surface area (Å²) in [5, 5.41) is 11.2. The topological polar surface area (TPSA) is 12.9 Å². The third kappa shape index (κ3) is 3.91. The molecular formula is C43H27N. The van der Waals surface area contributed by atoms with E-state index in [0.717, 1.165) is 22.2 Å². The first-order valence-corrected chi connectivity index (χ1v) is 15.1. The van der Waals surface area contributed by atoms with Crippen LogP contribution in [-0.2, 0) is 0 Å². The van der Waals surface area contributed by atoms with Crippen molar-refractivity contribution in [2.24, 2.45) is 0 Å². The molecule has 1 aromatic heterocycles. The molecule has 44 heavy (non-hydrogen) atoms. The second-order valence-corrected chi connectivity index (χ2v) is 11.5. The lowest BCUT2D eigenvalue weighted by Crippen LogP contribution is -1.92. The van der Waals surface area contributed by atoms with Gasteiger partial charge in [-0.15, -0.1) is 0 Å². The summed E-state index contributed by atoms with van der Waals surface area (Å²) in [6, 6.07) is 59.2. The zero-order valence-corrected chi connectivity index (χ0v) is 24.0. The van der Waals surface area contributed by atoms with Gasteiger partial charge in [0, 0.05) is 10.9 Å². The number of aromatic nitrogens is 1. The summed E-state index contributed by atoms with van der Waals surface area (Å²) in [4.78, 5) is 5.07. The summed E-state index contributed by atoms with van der Waals surface area (Å²) in [5.74, 6) is 0. The number of fused-ring (bicyclic) bond motifs is 5. The highest BCUT2D eigenvalue weighted by atomic mass is 14.7. The number of rotatable bonds is 3. The van der Waals surface area contributed by atoms with E-state index < -0.39 is 0 Å². The van der Waals surface area contributed by atoms with Gasteiger partial charge in [0.2, 0.25) is 0 Å². The van der Waals surface area contributed by atoms with E-state index in [1.807, 2.05) is 0 Å². The number of nitrogens with zero attached hydrogens (tertiary/aromatic N) is 1. The predicted molar refractivity (Wildman–Crippen MR) is 188 cm³/mol. The third-order valence-corrected chi connectivity index (χ3v) is 9.02. The maximum atomic E-state index is 5.07. The van der Waals surface area contributed by atoms with E-state index in [0.29, 0.717) is 0 Å². The molecule has 0 aliphatic rings. The van der Waals surface area contributed by atoms with Crippen LogP contribution >= 0.6 is 0 Å². The number of pyridine rings is 1. The minimum Gasteiger partial charge on any atom is -0.248 e. The standard InChI is InChI=1S/C43H27N/c1-2-12-32-27-41-33(26-31(32)11-1)24-25-40(44-41)29-20-22-30(23-21-29)42-36-15-5-7-17-38(36)43(39-18-8-6-16-37(39)42)35-19-9-13-28-10-3-4-14-34(28)35/h1-27H. The lowest BCUT2D eigenvalue weighted by molar-refractivity contribution is 1.40. The first kappa shape index (κ1) is 24.8. The van der Waals surface area contributed by atoms with Crippen molar-refractivity contribution in [1.82, 2.24) is 4.98 Å². The summed E-state index contributed by atoms with van der Waals surface area (Å²) in [6.45, 7) is 0. The Labute approximate surface area is 255 Å². The fourth-order valence-electron chi connectivity index (χ4n) is 6.95. The summed E-state index contributed by atoms with van der Waals surface area (Å²) in [5.41, 5.74) is 8.16. The predicted octanol–water partition coefficient (Wildman–Crippen LogP) is 11.8. The lowest BCUT2D eigenvalue weighted by Gasteiger charge is -2.19. The van der Waals surface area contributed by atoms with Gasteiger partial charge in [-0.1, -0.05) is 146 Å². The Morgan fingerprint density at radius 1 is 0.318 bits per heavy atom. The first-order valence-electron chi connectivity index (χ1n) is 15.1. The van der Waals surface area contributed by atoms with Gasteiger partial charge in [-0.3, -0.25) is 0 Å². The van der Waals surface area contributed by atoms with E-state index in [2.05, 4.69) is 164 Å². The van der Waals surface area contributed by atoms with Crippen LogP contribution in [0.5, 0.6) is 0 Å². The zero-order chi connectivity index (χ0) is 29.0. The molecule has 9 aromatic rings. The molecule has 9 rings (SSSR count). The molecule has 0 atom stereocenters. The van der Waals surface area contributed by atoms with Crippen LogP contribution in [0.2, 0.25) is 0 Å². The molecule has 1 heterocycles. The van der Waals surface area contributed by atoms with Gasteiger partial charge >= 0.3 is 0 Å². The van der Waals surface area contributed by atoms with Crippen LogP contribution in [-0.4, -0.2) is 4.98 Å². The van der Waals surface area contributed by atoms with E-state index in [4.69, 9.17) is 4.98 Å². The Morgan fingerprint density at radius 2 is 0.841 bits per heavy atom.